The largest absolute Gasteiger partial charge is 0.375 e. The Kier molecular flexibility index (Phi) is 6.84. The molecule has 2 unspecified atom stereocenters. The number of nitrogens with one attached hydrogen (secondary N) is 1. The first-order valence-electron chi connectivity index (χ1n) is 6.13. The maximum Gasteiger partial charge on any atom is 0.147 e. The number of thioether (sulfide) groups is 1. The number of ether oxygens (including phenoxy) is 1. The summed E-state index contributed by atoms with van der Waals surface area (Å²) in [5, 5.41) is 3.41. The number of likely N-dealkylation sites (N-methyl/N-ethyl adjacent to an activating group) is 1. The number of sulfone groups is 1. The zero-order valence-corrected chi connectivity index (χ0v) is 12.3. The van der Waals surface area contributed by atoms with Crippen molar-refractivity contribution >= 4 is 21.6 Å². The van der Waals surface area contributed by atoms with Crippen LogP contribution in [0.5, 0.6) is 0 Å². The average molecular weight is 281 g/mol. The minimum absolute atomic E-state index is 0.230. The van der Waals surface area contributed by atoms with Crippen molar-refractivity contribution in [1.82, 2.24) is 5.32 Å². The molecule has 1 heterocycles. The van der Waals surface area contributed by atoms with E-state index in [0.717, 1.165) is 31.1 Å². The Morgan fingerprint density at radius 2 is 2.29 bits per heavy atom. The Hall–Kier alpha value is 0.220. The molecule has 1 rings (SSSR count). The molecule has 0 bridgehead atoms. The molecule has 0 aromatic carbocycles. The van der Waals surface area contributed by atoms with Gasteiger partial charge in [-0.3, -0.25) is 0 Å². The fourth-order valence-electron chi connectivity index (χ4n) is 1.99. The van der Waals surface area contributed by atoms with Gasteiger partial charge in [-0.25, -0.2) is 8.42 Å². The van der Waals surface area contributed by atoms with Crippen LogP contribution in [0.25, 0.3) is 0 Å². The molecule has 1 aliphatic rings. The van der Waals surface area contributed by atoms with E-state index in [1.807, 2.05) is 11.8 Å². The second-order valence-corrected chi connectivity index (χ2v) is 7.83. The van der Waals surface area contributed by atoms with Crippen molar-refractivity contribution < 1.29 is 13.2 Å². The Balaban J connectivity index is 2.36. The minimum atomic E-state index is -2.84. The molecule has 6 heteroatoms. The van der Waals surface area contributed by atoms with Crippen molar-refractivity contribution in [1.29, 1.82) is 0 Å². The summed E-state index contributed by atoms with van der Waals surface area (Å²) >= 11 is 1.91. The second-order valence-electron chi connectivity index (χ2n) is 4.42. The third-order valence-corrected chi connectivity index (χ3v) is 4.84. The minimum Gasteiger partial charge on any atom is -0.375 e. The van der Waals surface area contributed by atoms with E-state index in [1.165, 1.54) is 6.26 Å². The standard InChI is InChI=1S/C11H23NO3S2/c1-3-12-10(5-4-8-17(2,13)14)11-9-16-7-6-15-11/h10-12H,3-9H2,1-2H3. The van der Waals surface area contributed by atoms with Crippen molar-refractivity contribution in [2.75, 3.05) is 36.7 Å². The van der Waals surface area contributed by atoms with Crippen LogP contribution in [-0.2, 0) is 14.6 Å². The highest BCUT2D eigenvalue weighted by atomic mass is 32.2. The maximum atomic E-state index is 11.1. The zero-order chi connectivity index (χ0) is 12.7. The molecule has 0 radical (unpaired) electrons. The van der Waals surface area contributed by atoms with Crippen LogP contribution in [0, 0.1) is 0 Å². The van der Waals surface area contributed by atoms with Gasteiger partial charge in [-0.05, 0) is 19.4 Å². The number of rotatable bonds is 7. The molecular weight excluding hydrogens is 258 g/mol. The third kappa shape index (κ3) is 6.64. The van der Waals surface area contributed by atoms with Crippen LogP contribution in [0.4, 0.5) is 0 Å². The van der Waals surface area contributed by atoms with Gasteiger partial charge >= 0.3 is 0 Å². The number of hydrogen-bond acceptors (Lipinski definition) is 5. The van der Waals surface area contributed by atoms with Crippen LogP contribution in [-0.4, -0.2) is 57.2 Å². The molecule has 0 aromatic heterocycles. The van der Waals surface area contributed by atoms with Gasteiger partial charge in [0.1, 0.15) is 9.84 Å². The van der Waals surface area contributed by atoms with Gasteiger partial charge in [0.2, 0.25) is 0 Å². The molecule has 0 spiro atoms. The molecule has 0 aromatic rings. The van der Waals surface area contributed by atoms with E-state index in [2.05, 4.69) is 12.2 Å². The fourth-order valence-corrected chi connectivity index (χ4v) is 3.62. The quantitative estimate of drug-likeness (QED) is 0.752. The molecule has 1 N–H and O–H groups in total. The van der Waals surface area contributed by atoms with Gasteiger partial charge in [-0.15, -0.1) is 0 Å². The van der Waals surface area contributed by atoms with Crippen LogP contribution in [0.1, 0.15) is 19.8 Å². The molecule has 2 atom stereocenters. The van der Waals surface area contributed by atoms with Crippen LogP contribution >= 0.6 is 11.8 Å². The van der Waals surface area contributed by atoms with Gasteiger partial charge in [0.25, 0.3) is 0 Å². The van der Waals surface area contributed by atoms with Crippen molar-refractivity contribution in [2.45, 2.75) is 31.9 Å². The van der Waals surface area contributed by atoms with E-state index >= 15 is 0 Å². The normalized spacial score (nSPS) is 23.5. The second kappa shape index (κ2) is 7.61. The Labute approximate surface area is 109 Å². The lowest BCUT2D eigenvalue weighted by molar-refractivity contribution is 0.0451. The van der Waals surface area contributed by atoms with Crippen LogP contribution < -0.4 is 5.32 Å². The van der Waals surface area contributed by atoms with E-state index in [0.29, 0.717) is 6.42 Å². The highest BCUT2D eigenvalue weighted by Crippen LogP contribution is 2.18. The van der Waals surface area contributed by atoms with E-state index < -0.39 is 9.84 Å². The summed E-state index contributed by atoms with van der Waals surface area (Å²) in [6.45, 7) is 3.77. The molecule has 0 saturated carbocycles. The highest BCUT2D eigenvalue weighted by molar-refractivity contribution is 7.99. The Morgan fingerprint density at radius 1 is 1.53 bits per heavy atom. The summed E-state index contributed by atoms with van der Waals surface area (Å²) in [6.07, 6.45) is 3.10. The van der Waals surface area contributed by atoms with Crippen molar-refractivity contribution in [3.8, 4) is 0 Å². The summed E-state index contributed by atoms with van der Waals surface area (Å²) < 4.78 is 27.9. The van der Waals surface area contributed by atoms with Crippen molar-refractivity contribution in [3.05, 3.63) is 0 Å². The molecule has 4 nitrogen and oxygen atoms in total. The SMILES string of the molecule is CCNC(CCCS(C)(=O)=O)C1CSCCO1. The summed E-state index contributed by atoms with van der Waals surface area (Å²) in [5.74, 6) is 2.35. The summed E-state index contributed by atoms with van der Waals surface area (Å²) in [4.78, 5) is 0. The van der Waals surface area contributed by atoms with Gasteiger partial charge in [-0.1, -0.05) is 6.92 Å². The maximum absolute atomic E-state index is 11.1. The molecule has 0 amide bonds. The zero-order valence-electron chi connectivity index (χ0n) is 10.6. The number of hydrogen-bond donors (Lipinski definition) is 1. The first-order valence-corrected chi connectivity index (χ1v) is 9.35. The van der Waals surface area contributed by atoms with E-state index in [-0.39, 0.29) is 17.9 Å². The van der Waals surface area contributed by atoms with Gasteiger partial charge in [0, 0.05) is 29.6 Å². The summed E-state index contributed by atoms with van der Waals surface area (Å²) in [7, 11) is -2.84. The lowest BCUT2D eigenvalue weighted by atomic mass is 10.1. The molecular formula is C11H23NO3S2. The molecule has 102 valence electrons. The molecule has 1 fully saturated rings. The first kappa shape index (κ1) is 15.3. The smallest absolute Gasteiger partial charge is 0.147 e. The summed E-state index contributed by atoms with van der Waals surface area (Å²) in [5.41, 5.74) is 0. The average Bonchev–Trinajstić information content (AvgIpc) is 2.27. The van der Waals surface area contributed by atoms with E-state index in [1.54, 1.807) is 0 Å². The van der Waals surface area contributed by atoms with Crippen LogP contribution in [0.2, 0.25) is 0 Å². The molecule has 17 heavy (non-hydrogen) atoms. The van der Waals surface area contributed by atoms with Crippen LogP contribution in [0.15, 0.2) is 0 Å². The Bertz CT molecular complexity index is 300. The highest BCUT2D eigenvalue weighted by Gasteiger charge is 2.24. The predicted octanol–water partition coefficient (Wildman–Crippen LogP) is 0.921. The van der Waals surface area contributed by atoms with Crippen molar-refractivity contribution in [3.63, 3.8) is 0 Å². The van der Waals surface area contributed by atoms with Gasteiger partial charge in [0.15, 0.2) is 0 Å². The summed E-state index contributed by atoms with van der Waals surface area (Å²) in [6, 6.07) is 0.287. The molecule has 0 aliphatic carbocycles. The third-order valence-electron chi connectivity index (χ3n) is 2.79. The lowest BCUT2D eigenvalue weighted by Gasteiger charge is -2.30. The fraction of sp³-hybridized carbons (Fsp3) is 1.00. The first-order chi connectivity index (χ1) is 8.03. The van der Waals surface area contributed by atoms with E-state index in [4.69, 9.17) is 4.74 Å². The van der Waals surface area contributed by atoms with E-state index in [9.17, 15) is 8.42 Å². The Morgan fingerprint density at radius 3 is 2.82 bits per heavy atom. The molecule has 1 aliphatic heterocycles. The van der Waals surface area contributed by atoms with Gasteiger partial charge in [-0.2, -0.15) is 11.8 Å². The molecule has 1 saturated heterocycles. The topological polar surface area (TPSA) is 55.4 Å². The monoisotopic (exact) mass is 281 g/mol. The lowest BCUT2D eigenvalue weighted by Crippen LogP contribution is -2.44. The van der Waals surface area contributed by atoms with Crippen molar-refractivity contribution in [2.24, 2.45) is 0 Å². The predicted molar refractivity (Wildman–Crippen MR) is 73.5 cm³/mol. The van der Waals surface area contributed by atoms with Gasteiger partial charge in [0.05, 0.1) is 12.7 Å². The van der Waals surface area contributed by atoms with Crippen LogP contribution in [0.3, 0.4) is 0 Å². The van der Waals surface area contributed by atoms with Gasteiger partial charge < -0.3 is 10.1 Å².